The summed E-state index contributed by atoms with van der Waals surface area (Å²) >= 11 is 1.35. The fourth-order valence-electron chi connectivity index (χ4n) is 2.45. The maximum Gasteiger partial charge on any atom is 0.229 e. The molecule has 0 aliphatic carbocycles. The van der Waals surface area contributed by atoms with Gasteiger partial charge in [0.15, 0.2) is 12.1 Å². The van der Waals surface area contributed by atoms with E-state index in [1.165, 1.54) is 11.3 Å². The molecule has 0 saturated heterocycles. The van der Waals surface area contributed by atoms with Crippen molar-refractivity contribution < 1.29 is 4.79 Å². The normalized spacial score (nSPS) is 10.5. The average molecular weight is 389 g/mol. The zero-order valence-electron chi connectivity index (χ0n) is 14.8. The third-order valence-corrected chi connectivity index (χ3v) is 4.53. The van der Waals surface area contributed by atoms with E-state index in [4.69, 9.17) is 0 Å². The second-order valence-electron chi connectivity index (χ2n) is 5.80. The number of pyridine rings is 1. The van der Waals surface area contributed by atoms with Gasteiger partial charge in [-0.3, -0.25) is 4.79 Å². The Kier molecular flexibility index (Phi) is 4.98. The fourth-order valence-corrected chi connectivity index (χ4v) is 3.09. The summed E-state index contributed by atoms with van der Waals surface area (Å²) in [7, 11) is 0. The van der Waals surface area contributed by atoms with Crippen LogP contribution >= 0.6 is 11.3 Å². The van der Waals surface area contributed by atoms with Gasteiger partial charge in [0.1, 0.15) is 17.3 Å². The summed E-state index contributed by atoms with van der Waals surface area (Å²) in [5.41, 5.74) is 2.37. The van der Waals surface area contributed by atoms with E-state index < -0.39 is 0 Å². The van der Waals surface area contributed by atoms with Gasteiger partial charge in [-0.25, -0.2) is 19.9 Å². The van der Waals surface area contributed by atoms with Crippen molar-refractivity contribution in [1.82, 2.24) is 24.9 Å². The third kappa shape index (κ3) is 4.15. The largest absolute Gasteiger partial charge is 0.325 e. The lowest BCUT2D eigenvalue weighted by atomic mass is 10.3. The van der Waals surface area contributed by atoms with Crippen molar-refractivity contribution in [2.24, 2.45) is 0 Å². The van der Waals surface area contributed by atoms with Gasteiger partial charge in [-0.15, -0.1) is 11.3 Å². The predicted molar refractivity (Wildman–Crippen MR) is 108 cm³/mol. The van der Waals surface area contributed by atoms with Crippen molar-refractivity contribution >= 4 is 40.9 Å². The molecule has 0 fully saturated rings. The summed E-state index contributed by atoms with van der Waals surface area (Å²) in [6.07, 6.45) is 4.11. The number of hydrogen-bond donors (Lipinski definition) is 2. The Hall–Kier alpha value is -3.72. The summed E-state index contributed by atoms with van der Waals surface area (Å²) in [6.45, 7) is 1.92. The molecule has 8 nitrogen and oxygen atoms in total. The van der Waals surface area contributed by atoms with Crippen LogP contribution in [0.2, 0.25) is 0 Å². The second-order valence-corrected chi connectivity index (χ2v) is 6.74. The zero-order chi connectivity index (χ0) is 19.3. The lowest BCUT2D eigenvalue weighted by Gasteiger charge is -2.08. The molecule has 9 heteroatoms. The van der Waals surface area contributed by atoms with Crippen LogP contribution < -0.4 is 10.6 Å². The maximum absolute atomic E-state index is 10.8. The van der Waals surface area contributed by atoms with Gasteiger partial charge in [0.05, 0.1) is 10.6 Å². The van der Waals surface area contributed by atoms with Crippen molar-refractivity contribution in [3.8, 4) is 11.5 Å². The van der Waals surface area contributed by atoms with Crippen LogP contribution in [0.4, 0.5) is 23.3 Å². The van der Waals surface area contributed by atoms with E-state index >= 15 is 0 Å². The minimum atomic E-state index is 0.412. The molecule has 0 atom stereocenters. The Morgan fingerprint density at radius 2 is 1.79 bits per heavy atom. The number of rotatable bonds is 6. The zero-order valence-corrected chi connectivity index (χ0v) is 15.6. The molecule has 0 radical (unpaired) electrons. The van der Waals surface area contributed by atoms with Crippen molar-refractivity contribution in [3.63, 3.8) is 0 Å². The molecule has 0 amide bonds. The number of aryl methyl sites for hydroxylation is 1. The van der Waals surface area contributed by atoms with Crippen LogP contribution in [-0.2, 0) is 0 Å². The van der Waals surface area contributed by atoms with Crippen molar-refractivity contribution in [3.05, 3.63) is 64.7 Å². The van der Waals surface area contributed by atoms with Gasteiger partial charge in [0, 0.05) is 23.5 Å². The smallest absolute Gasteiger partial charge is 0.229 e. The molecule has 0 unspecified atom stereocenters. The topological polar surface area (TPSA) is 106 Å². The highest BCUT2D eigenvalue weighted by Gasteiger charge is 2.07. The Balaban J connectivity index is 1.53. The van der Waals surface area contributed by atoms with Gasteiger partial charge in [0.25, 0.3) is 0 Å². The predicted octanol–water partition coefficient (Wildman–Crippen LogP) is 4.00. The minimum absolute atomic E-state index is 0.412. The molecular weight excluding hydrogens is 374 g/mol. The van der Waals surface area contributed by atoms with Crippen molar-refractivity contribution in [1.29, 1.82) is 0 Å². The maximum atomic E-state index is 10.8. The SMILES string of the molecule is Cc1cccc(-c2nccc(Nc3ccnc(Nc4csc(C=O)c4)n3)n2)n1. The molecule has 0 aliphatic rings. The summed E-state index contributed by atoms with van der Waals surface area (Å²) in [6, 6.07) is 10.9. The van der Waals surface area contributed by atoms with Gasteiger partial charge in [-0.05, 0) is 37.3 Å². The van der Waals surface area contributed by atoms with Gasteiger partial charge < -0.3 is 10.6 Å². The highest BCUT2D eigenvalue weighted by atomic mass is 32.1. The molecule has 138 valence electrons. The summed E-state index contributed by atoms with van der Waals surface area (Å²) in [4.78, 5) is 33.3. The molecule has 0 saturated carbocycles. The number of aldehydes is 1. The minimum Gasteiger partial charge on any atom is -0.325 e. The highest BCUT2D eigenvalue weighted by Crippen LogP contribution is 2.22. The molecule has 28 heavy (non-hydrogen) atoms. The number of nitrogens with zero attached hydrogens (tertiary/aromatic N) is 5. The summed E-state index contributed by atoms with van der Waals surface area (Å²) in [5, 5.41) is 8.05. The van der Waals surface area contributed by atoms with Gasteiger partial charge in [0.2, 0.25) is 5.95 Å². The van der Waals surface area contributed by atoms with Crippen LogP contribution in [0.5, 0.6) is 0 Å². The molecule has 4 aromatic heterocycles. The van der Waals surface area contributed by atoms with Gasteiger partial charge in [-0.2, -0.15) is 4.98 Å². The average Bonchev–Trinajstić information content (AvgIpc) is 3.16. The lowest BCUT2D eigenvalue weighted by molar-refractivity contribution is 0.112. The Labute approximate surface area is 164 Å². The van der Waals surface area contributed by atoms with E-state index in [1.807, 2.05) is 30.5 Å². The molecule has 0 spiro atoms. The van der Waals surface area contributed by atoms with E-state index in [0.29, 0.717) is 34.0 Å². The summed E-state index contributed by atoms with van der Waals surface area (Å²) < 4.78 is 0. The van der Waals surface area contributed by atoms with E-state index in [9.17, 15) is 4.79 Å². The van der Waals surface area contributed by atoms with E-state index in [2.05, 4.69) is 35.6 Å². The number of carbonyl (C=O) groups is 1. The molecular formula is C19H15N7OS. The first-order chi connectivity index (χ1) is 13.7. The first kappa shape index (κ1) is 17.7. The molecule has 0 aliphatic heterocycles. The molecule has 4 aromatic rings. The number of carbonyl (C=O) groups excluding carboxylic acids is 1. The van der Waals surface area contributed by atoms with Gasteiger partial charge in [-0.1, -0.05) is 6.07 Å². The number of aromatic nitrogens is 5. The van der Waals surface area contributed by atoms with E-state index in [1.54, 1.807) is 30.6 Å². The van der Waals surface area contributed by atoms with Crippen molar-refractivity contribution in [2.45, 2.75) is 6.92 Å². The standard InChI is InChI=1S/C19H15N7OS/c1-12-3-2-4-15(22-12)18-20-7-5-16(25-18)24-17-6-8-21-19(26-17)23-13-9-14(10-27)28-11-13/h2-11H,1H3,(H2,20,21,23,24,25,26). The Morgan fingerprint density at radius 3 is 2.57 bits per heavy atom. The van der Waals surface area contributed by atoms with Crippen LogP contribution in [0.3, 0.4) is 0 Å². The lowest BCUT2D eigenvalue weighted by Crippen LogP contribution is -2.02. The fraction of sp³-hybridized carbons (Fsp3) is 0.0526. The molecule has 4 rings (SSSR count). The van der Waals surface area contributed by atoms with Crippen LogP contribution in [0.25, 0.3) is 11.5 Å². The molecule has 2 N–H and O–H groups in total. The van der Waals surface area contributed by atoms with Crippen LogP contribution in [0.1, 0.15) is 15.4 Å². The number of anilines is 4. The van der Waals surface area contributed by atoms with E-state index in [0.717, 1.165) is 17.7 Å². The van der Waals surface area contributed by atoms with Gasteiger partial charge >= 0.3 is 0 Å². The first-order valence-corrected chi connectivity index (χ1v) is 9.25. The highest BCUT2D eigenvalue weighted by molar-refractivity contribution is 7.12. The number of hydrogen-bond acceptors (Lipinski definition) is 9. The van der Waals surface area contributed by atoms with Crippen LogP contribution in [0, 0.1) is 6.92 Å². The third-order valence-electron chi connectivity index (χ3n) is 3.68. The van der Waals surface area contributed by atoms with Crippen LogP contribution in [-0.4, -0.2) is 31.2 Å². The Bertz CT molecular complexity index is 1130. The molecule has 4 heterocycles. The number of nitrogens with one attached hydrogen (secondary N) is 2. The Morgan fingerprint density at radius 1 is 0.964 bits per heavy atom. The van der Waals surface area contributed by atoms with E-state index in [-0.39, 0.29) is 0 Å². The molecule has 0 aromatic carbocycles. The molecule has 0 bridgehead atoms. The van der Waals surface area contributed by atoms with Crippen LogP contribution in [0.15, 0.2) is 54.2 Å². The van der Waals surface area contributed by atoms with Crippen molar-refractivity contribution in [2.75, 3.05) is 10.6 Å². The summed E-state index contributed by atoms with van der Waals surface area (Å²) in [5.74, 6) is 2.11. The number of thiophene rings is 1. The first-order valence-electron chi connectivity index (χ1n) is 8.37. The monoisotopic (exact) mass is 389 g/mol. The quantitative estimate of drug-likeness (QED) is 0.477. The second kappa shape index (κ2) is 7.89.